The lowest BCUT2D eigenvalue weighted by atomic mass is 10.2. The first-order valence-corrected chi connectivity index (χ1v) is 5.92. The fraction of sp³-hybridized carbons (Fsp3) is 0.0909. The van der Waals surface area contributed by atoms with Crippen LogP contribution in [0.4, 0.5) is 0 Å². The smallest absolute Gasteiger partial charge is 0.174 e. The topological polar surface area (TPSA) is 45.9 Å². The van der Waals surface area contributed by atoms with Crippen molar-refractivity contribution in [3.8, 4) is 11.8 Å². The zero-order valence-electron chi connectivity index (χ0n) is 8.08. The zero-order valence-corrected chi connectivity index (χ0v) is 11.0. The van der Waals surface area contributed by atoms with E-state index < -0.39 is 0 Å². The molecule has 0 bridgehead atoms. The van der Waals surface area contributed by atoms with Crippen LogP contribution in [0.25, 0.3) is 10.9 Å². The van der Waals surface area contributed by atoms with Crippen LogP contribution in [-0.2, 0) is 0 Å². The highest BCUT2D eigenvalue weighted by Gasteiger charge is 2.11. The highest BCUT2D eigenvalue weighted by molar-refractivity contribution is 14.1. The van der Waals surface area contributed by atoms with Crippen LogP contribution in [0.3, 0.4) is 0 Å². The van der Waals surface area contributed by atoms with Crippen molar-refractivity contribution in [3.05, 3.63) is 33.0 Å². The second kappa shape index (κ2) is 4.85. The number of nitrogens with zero attached hydrogens (tertiary/aromatic N) is 2. The molecular formula is C11H6ClIN2O. The number of aromatic nitrogens is 1. The first-order valence-electron chi connectivity index (χ1n) is 4.46. The number of halogens is 2. The predicted octanol–water partition coefficient (Wildman–Crippen LogP) is 3.40. The van der Waals surface area contributed by atoms with Crippen LogP contribution in [0, 0.1) is 14.9 Å². The van der Waals surface area contributed by atoms with Crippen molar-refractivity contribution in [2.45, 2.75) is 0 Å². The van der Waals surface area contributed by atoms with E-state index in [-0.39, 0.29) is 6.61 Å². The van der Waals surface area contributed by atoms with Gasteiger partial charge in [-0.15, -0.1) is 0 Å². The molecule has 0 aliphatic heterocycles. The summed E-state index contributed by atoms with van der Waals surface area (Å²) in [5.41, 5.74) is 0.689. The number of fused-ring (bicyclic) bond motifs is 1. The van der Waals surface area contributed by atoms with E-state index in [0.29, 0.717) is 16.3 Å². The van der Waals surface area contributed by atoms with E-state index >= 15 is 0 Å². The zero-order chi connectivity index (χ0) is 11.5. The molecular weight excluding hydrogens is 338 g/mol. The minimum atomic E-state index is -0.0357. The first kappa shape index (κ1) is 11.4. The number of hydrogen-bond acceptors (Lipinski definition) is 3. The highest BCUT2D eigenvalue weighted by Crippen LogP contribution is 2.35. The second-order valence-corrected chi connectivity index (χ2v) is 4.59. The molecule has 0 saturated heterocycles. The quantitative estimate of drug-likeness (QED) is 0.785. The molecule has 0 amide bonds. The molecule has 0 spiro atoms. The third-order valence-corrected chi connectivity index (χ3v) is 3.20. The molecule has 80 valence electrons. The van der Waals surface area contributed by atoms with Gasteiger partial charge in [0.15, 0.2) is 12.4 Å². The van der Waals surface area contributed by atoms with Crippen molar-refractivity contribution in [1.82, 2.24) is 4.98 Å². The average Bonchev–Trinajstić information content (AvgIpc) is 2.29. The van der Waals surface area contributed by atoms with Gasteiger partial charge >= 0.3 is 0 Å². The Morgan fingerprint density at radius 1 is 1.56 bits per heavy atom. The molecule has 1 heterocycles. The molecule has 0 saturated carbocycles. The summed E-state index contributed by atoms with van der Waals surface area (Å²) in [6.07, 6.45) is 1.67. The molecule has 0 fully saturated rings. The van der Waals surface area contributed by atoms with Gasteiger partial charge in [0.25, 0.3) is 0 Å². The fourth-order valence-corrected chi connectivity index (χ4v) is 2.57. The Morgan fingerprint density at radius 2 is 2.38 bits per heavy atom. The van der Waals surface area contributed by atoms with Crippen LogP contribution in [-0.4, -0.2) is 11.6 Å². The molecule has 3 nitrogen and oxygen atoms in total. The van der Waals surface area contributed by atoms with Gasteiger partial charge in [-0.25, -0.2) is 0 Å². The standard InChI is InChI=1S/C11H6ClIN2O/c12-8-6-9(13)7-2-1-4-15-10(7)11(8)16-5-3-14/h1-2,4,6H,5H2. The van der Waals surface area contributed by atoms with E-state index in [1.807, 2.05) is 18.2 Å². The van der Waals surface area contributed by atoms with Crippen molar-refractivity contribution in [2.75, 3.05) is 6.61 Å². The molecule has 0 aliphatic carbocycles. The Bertz CT molecular complexity index is 580. The van der Waals surface area contributed by atoms with Gasteiger partial charge in [-0.1, -0.05) is 17.7 Å². The lowest BCUT2D eigenvalue weighted by molar-refractivity contribution is 0.372. The van der Waals surface area contributed by atoms with Crippen LogP contribution in [0.1, 0.15) is 0 Å². The van der Waals surface area contributed by atoms with Gasteiger partial charge in [0.2, 0.25) is 0 Å². The lowest BCUT2D eigenvalue weighted by Crippen LogP contribution is -1.97. The van der Waals surface area contributed by atoms with Crippen molar-refractivity contribution >= 4 is 45.1 Å². The number of benzene rings is 1. The molecule has 0 atom stereocenters. The van der Waals surface area contributed by atoms with Crippen LogP contribution in [0.15, 0.2) is 24.4 Å². The van der Waals surface area contributed by atoms with E-state index in [0.717, 1.165) is 8.96 Å². The molecule has 1 aromatic heterocycles. The minimum Gasteiger partial charge on any atom is -0.475 e. The van der Waals surface area contributed by atoms with Crippen molar-refractivity contribution in [3.63, 3.8) is 0 Å². The Labute approximate surface area is 111 Å². The normalized spacial score (nSPS) is 10.1. The number of ether oxygens (including phenoxy) is 1. The molecule has 16 heavy (non-hydrogen) atoms. The Kier molecular flexibility index (Phi) is 3.46. The van der Waals surface area contributed by atoms with E-state index in [2.05, 4.69) is 27.6 Å². The summed E-state index contributed by atoms with van der Waals surface area (Å²) >= 11 is 8.26. The molecule has 0 N–H and O–H groups in total. The average molecular weight is 345 g/mol. The van der Waals surface area contributed by atoms with Crippen molar-refractivity contribution in [2.24, 2.45) is 0 Å². The van der Waals surface area contributed by atoms with Crippen LogP contribution < -0.4 is 4.74 Å². The van der Waals surface area contributed by atoms with E-state index in [1.165, 1.54) is 0 Å². The summed E-state index contributed by atoms with van der Waals surface area (Å²) in [5.74, 6) is 0.472. The van der Waals surface area contributed by atoms with Gasteiger partial charge in [-0.05, 0) is 34.7 Å². The third-order valence-electron chi connectivity index (χ3n) is 2.03. The summed E-state index contributed by atoms with van der Waals surface area (Å²) in [6.45, 7) is -0.0357. The van der Waals surface area contributed by atoms with Crippen LogP contribution in [0.2, 0.25) is 5.02 Å². The number of pyridine rings is 1. The van der Waals surface area contributed by atoms with E-state index in [4.69, 9.17) is 21.6 Å². The SMILES string of the molecule is N#CCOc1c(Cl)cc(I)c2cccnc12. The molecule has 2 aromatic rings. The van der Waals surface area contributed by atoms with Gasteiger partial charge < -0.3 is 4.74 Å². The third kappa shape index (κ3) is 2.06. The first-order chi connectivity index (χ1) is 7.74. The Hall–Kier alpha value is -1.06. The monoisotopic (exact) mass is 344 g/mol. The number of rotatable bonds is 2. The maximum Gasteiger partial charge on any atom is 0.174 e. The summed E-state index contributed by atoms with van der Waals surface area (Å²) in [7, 11) is 0. The molecule has 5 heteroatoms. The van der Waals surface area contributed by atoms with Gasteiger partial charge in [-0.2, -0.15) is 5.26 Å². The van der Waals surface area contributed by atoms with Crippen molar-refractivity contribution in [1.29, 1.82) is 5.26 Å². The number of hydrogen-bond donors (Lipinski definition) is 0. The summed E-state index contributed by atoms with van der Waals surface area (Å²) in [4.78, 5) is 4.23. The van der Waals surface area contributed by atoms with Gasteiger partial charge in [0.1, 0.15) is 11.6 Å². The van der Waals surface area contributed by atoms with E-state index in [1.54, 1.807) is 12.3 Å². The van der Waals surface area contributed by atoms with Crippen LogP contribution in [0.5, 0.6) is 5.75 Å². The molecule has 2 rings (SSSR count). The van der Waals surface area contributed by atoms with Crippen LogP contribution >= 0.6 is 34.2 Å². The molecule has 0 aliphatic rings. The van der Waals surface area contributed by atoms with Gasteiger partial charge in [0.05, 0.1) is 5.02 Å². The summed E-state index contributed by atoms with van der Waals surface area (Å²) in [6, 6.07) is 7.51. The minimum absolute atomic E-state index is 0.0357. The lowest BCUT2D eigenvalue weighted by Gasteiger charge is -2.09. The molecule has 1 aromatic carbocycles. The molecule has 0 unspecified atom stereocenters. The fourth-order valence-electron chi connectivity index (χ4n) is 1.39. The summed E-state index contributed by atoms with van der Waals surface area (Å²) in [5, 5.41) is 9.96. The number of nitriles is 1. The predicted molar refractivity (Wildman–Crippen MR) is 70.6 cm³/mol. The van der Waals surface area contributed by atoms with Gasteiger partial charge in [0, 0.05) is 15.2 Å². The Balaban J connectivity index is 2.67. The Morgan fingerprint density at radius 3 is 3.12 bits per heavy atom. The van der Waals surface area contributed by atoms with Gasteiger partial charge in [-0.3, -0.25) is 4.98 Å². The maximum atomic E-state index is 8.51. The maximum absolute atomic E-state index is 8.51. The van der Waals surface area contributed by atoms with Crippen molar-refractivity contribution < 1.29 is 4.74 Å². The largest absolute Gasteiger partial charge is 0.475 e. The van der Waals surface area contributed by atoms with E-state index in [9.17, 15) is 0 Å². The highest BCUT2D eigenvalue weighted by atomic mass is 127. The second-order valence-electron chi connectivity index (χ2n) is 3.02. The molecule has 0 radical (unpaired) electrons. The summed E-state index contributed by atoms with van der Waals surface area (Å²) < 4.78 is 6.30.